The maximum absolute atomic E-state index is 13.4. The molecule has 0 bridgehead atoms. The van der Waals surface area contributed by atoms with E-state index in [9.17, 15) is 35.9 Å². The largest absolute Gasteiger partial charge is 0.416 e. The van der Waals surface area contributed by atoms with E-state index in [2.05, 4.69) is 5.32 Å². The van der Waals surface area contributed by atoms with Crippen molar-refractivity contribution in [2.75, 3.05) is 27.3 Å². The molecule has 0 aromatic heterocycles. The average Bonchev–Trinajstić information content (AvgIpc) is 2.74. The first-order chi connectivity index (χ1) is 15.4. The highest BCUT2D eigenvalue weighted by molar-refractivity contribution is 6.01. The zero-order chi connectivity index (χ0) is 24.6. The van der Waals surface area contributed by atoms with Crippen LogP contribution in [0.15, 0.2) is 42.5 Å². The first-order valence-corrected chi connectivity index (χ1v) is 9.78. The molecule has 3 rings (SSSR count). The van der Waals surface area contributed by atoms with Gasteiger partial charge in [-0.2, -0.15) is 26.3 Å². The number of amides is 2. The molecular weight excluding hydrogens is 454 g/mol. The number of hydrogen-bond donors (Lipinski definition) is 1. The van der Waals surface area contributed by atoms with Gasteiger partial charge in [-0.15, -0.1) is 0 Å². The Bertz CT molecular complexity index is 1020. The van der Waals surface area contributed by atoms with E-state index < -0.39 is 52.8 Å². The summed E-state index contributed by atoms with van der Waals surface area (Å²) in [6, 6.07) is 5.71. The van der Waals surface area contributed by atoms with Crippen molar-refractivity contribution in [3.63, 3.8) is 0 Å². The Balaban J connectivity index is 2.22. The fourth-order valence-electron chi connectivity index (χ4n) is 3.91. The van der Waals surface area contributed by atoms with Gasteiger partial charge in [-0.3, -0.25) is 9.59 Å². The van der Waals surface area contributed by atoms with Crippen LogP contribution in [0.5, 0.6) is 0 Å². The summed E-state index contributed by atoms with van der Waals surface area (Å²) in [4.78, 5) is 27.0. The number of halogens is 6. The molecule has 0 aliphatic carbocycles. The van der Waals surface area contributed by atoms with Gasteiger partial charge in [-0.1, -0.05) is 18.2 Å². The molecular formula is C22H20F6N2O3. The molecule has 0 radical (unpaired) electrons. The van der Waals surface area contributed by atoms with Crippen LogP contribution in [0.1, 0.15) is 44.6 Å². The van der Waals surface area contributed by atoms with Crippen LogP contribution in [-0.4, -0.2) is 44.0 Å². The number of carbonyl (C=O) groups is 2. The van der Waals surface area contributed by atoms with Gasteiger partial charge in [-0.25, -0.2) is 0 Å². The molecule has 11 heteroatoms. The van der Waals surface area contributed by atoms with Gasteiger partial charge in [0, 0.05) is 26.3 Å². The van der Waals surface area contributed by atoms with Crippen molar-refractivity contribution in [1.29, 1.82) is 0 Å². The van der Waals surface area contributed by atoms with Crippen LogP contribution in [0.4, 0.5) is 26.3 Å². The number of carbonyl (C=O) groups excluding carboxylic acids is 2. The van der Waals surface area contributed by atoms with Crippen LogP contribution in [0.3, 0.4) is 0 Å². The lowest BCUT2D eigenvalue weighted by Crippen LogP contribution is -2.46. The Morgan fingerprint density at radius 3 is 2.15 bits per heavy atom. The minimum Gasteiger partial charge on any atom is -0.383 e. The lowest BCUT2D eigenvalue weighted by atomic mass is 9.78. The number of nitrogens with one attached hydrogen (secondary N) is 1. The summed E-state index contributed by atoms with van der Waals surface area (Å²) in [5.74, 6) is -2.53. The molecule has 5 nitrogen and oxygen atoms in total. The first-order valence-electron chi connectivity index (χ1n) is 9.78. The van der Waals surface area contributed by atoms with Crippen molar-refractivity contribution in [1.82, 2.24) is 10.2 Å². The van der Waals surface area contributed by atoms with Crippen molar-refractivity contribution in [2.24, 2.45) is 0 Å². The number of ether oxygens (including phenoxy) is 1. The summed E-state index contributed by atoms with van der Waals surface area (Å²) < 4.78 is 85.5. The molecule has 2 unspecified atom stereocenters. The number of benzene rings is 2. The quantitative estimate of drug-likeness (QED) is 0.517. The van der Waals surface area contributed by atoms with E-state index in [-0.39, 0.29) is 30.3 Å². The highest BCUT2D eigenvalue weighted by Gasteiger charge is 2.45. The normalized spacial score (nSPS) is 18.8. The number of fused-ring (bicyclic) bond motifs is 1. The molecule has 0 fully saturated rings. The smallest absolute Gasteiger partial charge is 0.383 e. The van der Waals surface area contributed by atoms with Gasteiger partial charge in [0.2, 0.25) is 5.91 Å². The van der Waals surface area contributed by atoms with Crippen LogP contribution in [-0.2, 0) is 21.9 Å². The number of hydrogen-bond acceptors (Lipinski definition) is 3. The van der Waals surface area contributed by atoms with Gasteiger partial charge in [0.15, 0.2) is 0 Å². The molecule has 2 atom stereocenters. The molecule has 0 saturated heterocycles. The Morgan fingerprint density at radius 1 is 1.03 bits per heavy atom. The molecule has 2 aromatic carbocycles. The molecule has 2 amide bonds. The van der Waals surface area contributed by atoms with Crippen LogP contribution >= 0.6 is 0 Å². The zero-order valence-electron chi connectivity index (χ0n) is 17.6. The van der Waals surface area contributed by atoms with E-state index in [1.807, 2.05) is 0 Å². The van der Waals surface area contributed by atoms with Crippen molar-refractivity contribution >= 4 is 11.8 Å². The summed E-state index contributed by atoms with van der Waals surface area (Å²) in [6.45, 7) is 0.204. The molecule has 1 heterocycles. The summed E-state index contributed by atoms with van der Waals surface area (Å²) in [5, 5.41) is 2.57. The standard InChI is InChI=1S/C22H20F6N2O3/c1-30-18(12-9-13(21(23,24)25)11-14(10-12)22(26,27)28)17(19(31)29-7-8-33-2)15-5-3-4-6-16(15)20(30)32/h3-6,9-11,17-18H,7-8H2,1-2H3,(H,29,31). The third-order valence-corrected chi connectivity index (χ3v) is 5.42. The predicted octanol–water partition coefficient (Wildman–Crippen LogP) is 4.40. The van der Waals surface area contributed by atoms with E-state index in [0.717, 1.165) is 4.90 Å². The molecule has 0 spiro atoms. The molecule has 33 heavy (non-hydrogen) atoms. The van der Waals surface area contributed by atoms with Crippen LogP contribution in [0, 0.1) is 0 Å². The maximum Gasteiger partial charge on any atom is 0.416 e. The summed E-state index contributed by atoms with van der Waals surface area (Å²) in [5.41, 5.74) is -3.14. The van der Waals surface area contributed by atoms with E-state index in [4.69, 9.17) is 4.74 Å². The van der Waals surface area contributed by atoms with Gasteiger partial charge >= 0.3 is 12.4 Å². The zero-order valence-corrected chi connectivity index (χ0v) is 17.6. The summed E-state index contributed by atoms with van der Waals surface area (Å²) >= 11 is 0. The minimum atomic E-state index is -5.07. The third kappa shape index (κ3) is 4.97. The van der Waals surface area contributed by atoms with Gasteiger partial charge in [0.1, 0.15) is 0 Å². The SMILES string of the molecule is COCCNC(=O)C1c2ccccc2C(=O)N(C)C1c1cc(C(F)(F)F)cc(C(F)(F)F)c1. The Kier molecular flexibility index (Phi) is 6.73. The number of methoxy groups -OCH3 is 1. The number of alkyl halides is 6. The Hall–Kier alpha value is -3.08. The van der Waals surface area contributed by atoms with E-state index in [1.165, 1.54) is 32.4 Å². The fraction of sp³-hybridized carbons (Fsp3) is 0.364. The Morgan fingerprint density at radius 2 is 1.61 bits per heavy atom. The fourth-order valence-corrected chi connectivity index (χ4v) is 3.91. The predicted molar refractivity (Wildman–Crippen MR) is 105 cm³/mol. The first kappa shape index (κ1) is 24.6. The highest BCUT2D eigenvalue weighted by atomic mass is 19.4. The van der Waals surface area contributed by atoms with Crippen molar-refractivity contribution in [3.8, 4) is 0 Å². The second-order valence-corrected chi connectivity index (χ2v) is 7.55. The molecule has 0 saturated carbocycles. The average molecular weight is 474 g/mol. The third-order valence-electron chi connectivity index (χ3n) is 5.42. The Labute approximate surface area is 185 Å². The maximum atomic E-state index is 13.4. The van der Waals surface area contributed by atoms with Crippen LogP contribution in [0.25, 0.3) is 0 Å². The monoisotopic (exact) mass is 474 g/mol. The lowest BCUT2D eigenvalue weighted by molar-refractivity contribution is -0.143. The van der Waals surface area contributed by atoms with E-state index in [1.54, 1.807) is 6.07 Å². The van der Waals surface area contributed by atoms with Gasteiger partial charge in [0.05, 0.1) is 29.7 Å². The second-order valence-electron chi connectivity index (χ2n) is 7.55. The van der Waals surface area contributed by atoms with Gasteiger partial charge in [-0.05, 0) is 35.4 Å². The van der Waals surface area contributed by atoms with Crippen molar-refractivity contribution < 1.29 is 40.7 Å². The van der Waals surface area contributed by atoms with E-state index in [0.29, 0.717) is 12.1 Å². The van der Waals surface area contributed by atoms with Gasteiger partial charge < -0.3 is 15.0 Å². The summed E-state index contributed by atoms with van der Waals surface area (Å²) in [7, 11) is 2.64. The molecule has 1 aliphatic rings. The van der Waals surface area contributed by atoms with Crippen molar-refractivity contribution in [2.45, 2.75) is 24.3 Å². The molecule has 178 valence electrons. The van der Waals surface area contributed by atoms with Crippen LogP contribution < -0.4 is 5.32 Å². The molecule has 2 aromatic rings. The number of rotatable bonds is 5. The lowest BCUT2D eigenvalue weighted by Gasteiger charge is -2.40. The topological polar surface area (TPSA) is 58.6 Å². The molecule has 1 aliphatic heterocycles. The van der Waals surface area contributed by atoms with Crippen LogP contribution in [0.2, 0.25) is 0 Å². The molecule has 1 N–H and O–H groups in total. The minimum absolute atomic E-state index is 0.00968. The van der Waals surface area contributed by atoms with Crippen molar-refractivity contribution in [3.05, 3.63) is 70.3 Å². The second kappa shape index (κ2) is 9.05. The van der Waals surface area contributed by atoms with E-state index >= 15 is 0 Å². The number of nitrogens with zero attached hydrogens (tertiary/aromatic N) is 1. The summed E-state index contributed by atoms with van der Waals surface area (Å²) in [6.07, 6.45) is -10.1. The highest BCUT2D eigenvalue weighted by Crippen LogP contribution is 2.45. The number of likely N-dealkylation sites (N-methyl/N-ethyl adjacent to an activating group) is 1. The van der Waals surface area contributed by atoms with Gasteiger partial charge in [0.25, 0.3) is 5.91 Å².